The smallest absolute Gasteiger partial charge is 0.191 e. The van der Waals surface area contributed by atoms with Gasteiger partial charge >= 0.3 is 0 Å². The first-order valence-electron chi connectivity index (χ1n) is 10.5. The lowest BCUT2D eigenvalue weighted by molar-refractivity contribution is -0.00502. The normalized spacial score (nSPS) is 25.8. The highest BCUT2D eigenvalue weighted by atomic mass is 16.5. The molecule has 0 aromatic heterocycles. The Kier molecular flexibility index (Phi) is 7.32. The minimum absolute atomic E-state index is 0.137. The molecule has 0 saturated carbocycles. The van der Waals surface area contributed by atoms with Crippen molar-refractivity contribution in [1.82, 2.24) is 20.4 Å². The lowest BCUT2D eigenvalue weighted by Crippen LogP contribution is -2.57. The number of likely N-dealkylation sites (tertiary alicyclic amines) is 1. The van der Waals surface area contributed by atoms with Crippen LogP contribution in [0.25, 0.3) is 0 Å². The molecule has 0 amide bonds. The van der Waals surface area contributed by atoms with Gasteiger partial charge in [-0.2, -0.15) is 0 Å². The maximum absolute atomic E-state index is 5.58. The van der Waals surface area contributed by atoms with Crippen molar-refractivity contribution in [2.75, 3.05) is 47.4 Å². The van der Waals surface area contributed by atoms with Crippen LogP contribution in [0, 0.1) is 0 Å². The van der Waals surface area contributed by atoms with Gasteiger partial charge in [-0.1, -0.05) is 30.3 Å². The summed E-state index contributed by atoms with van der Waals surface area (Å²) >= 11 is 0. The van der Waals surface area contributed by atoms with E-state index in [0.717, 1.165) is 58.1 Å². The molecule has 6 heteroatoms. The molecule has 1 aromatic carbocycles. The van der Waals surface area contributed by atoms with Crippen molar-refractivity contribution in [3.63, 3.8) is 0 Å². The van der Waals surface area contributed by atoms with Gasteiger partial charge in [0.25, 0.3) is 0 Å². The van der Waals surface area contributed by atoms with Crippen molar-refractivity contribution in [1.29, 1.82) is 0 Å². The lowest BCUT2D eigenvalue weighted by atomic mass is 9.88. The summed E-state index contributed by atoms with van der Waals surface area (Å²) in [5.41, 5.74) is 1.52. The average Bonchev–Trinajstić information content (AvgIpc) is 3.05. The molecule has 1 aromatic rings. The maximum Gasteiger partial charge on any atom is 0.191 e. The summed E-state index contributed by atoms with van der Waals surface area (Å²) in [6.07, 6.45) is 3.24. The molecule has 2 unspecified atom stereocenters. The summed E-state index contributed by atoms with van der Waals surface area (Å²) in [4.78, 5) is 9.38. The minimum atomic E-state index is 0.137. The number of hydrogen-bond donors (Lipinski definition) is 2. The summed E-state index contributed by atoms with van der Waals surface area (Å²) in [6.45, 7) is 6.93. The van der Waals surface area contributed by atoms with Crippen molar-refractivity contribution >= 4 is 5.96 Å². The van der Waals surface area contributed by atoms with Crippen molar-refractivity contribution in [3.8, 4) is 0 Å². The molecule has 6 nitrogen and oxygen atoms in total. The molecule has 0 radical (unpaired) electrons. The summed E-state index contributed by atoms with van der Waals surface area (Å²) < 4.78 is 5.58. The van der Waals surface area contributed by atoms with Gasteiger partial charge in [0.2, 0.25) is 0 Å². The van der Waals surface area contributed by atoms with E-state index in [9.17, 15) is 0 Å². The van der Waals surface area contributed by atoms with Crippen LogP contribution in [0.2, 0.25) is 0 Å². The Morgan fingerprint density at radius 3 is 2.61 bits per heavy atom. The molecule has 2 atom stereocenters. The maximum atomic E-state index is 5.58. The van der Waals surface area contributed by atoms with E-state index < -0.39 is 0 Å². The largest absolute Gasteiger partial charge is 0.381 e. The van der Waals surface area contributed by atoms with Crippen molar-refractivity contribution in [3.05, 3.63) is 35.9 Å². The quantitative estimate of drug-likeness (QED) is 0.577. The van der Waals surface area contributed by atoms with Crippen LogP contribution in [0.4, 0.5) is 0 Å². The Balaban J connectivity index is 1.52. The highest BCUT2D eigenvalue weighted by molar-refractivity contribution is 5.80. The van der Waals surface area contributed by atoms with Crippen molar-refractivity contribution in [2.24, 2.45) is 4.99 Å². The zero-order valence-corrected chi connectivity index (χ0v) is 17.9. The predicted molar refractivity (Wildman–Crippen MR) is 116 cm³/mol. The van der Waals surface area contributed by atoms with E-state index in [0.29, 0.717) is 12.1 Å². The van der Waals surface area contributed by atoms with Gasteiger partial charge in [-0.3, -0.25) is 9.89 Å². The molecular formula is C22H37N5O. The van der Waals surface area contributed by atoms with Crippen LogP contribution in [-0.4, -0.2) is 80.8 Å². The zero-order chi connectivity index (χ0) is 20.0. The number of ether oxygens (including phenoxy) is 1. The summed E-state index contributed by atoms with van der Waals surface area (Å²) in [7, 11) is 6.20. The Bertz CT molecular complexity index is 627. The SMILES string of the molecule is CN=C(NCC1(N(C)C)CCOCC1)NC1CC(C)N(Cc2ccccc2)C1. The number of likely N-dealkylation sites (N-methyl/N-ethyl adjacent to an activating group) is 1. The van der Waals surface area contributed by atoms with Gasteiger partial charge in [-0.15, -0.1) is 0 Å². The highest BCUT2D eigenvalue weighted by Gasteiger charge is 2.35. The Hall–Kier alpha value is -1.63. The summed E-state index contributed by atoms with van der Waals surface area (Å²) in [5, 5.41) is 7.25. The van der Waals surface area contributed by atoms with E-state index in [4.69, 9.17) is 4.74 Å². The second-order valence-electron chi connectivity index (χ2n) is 8.50. The van der Waals surface area contributed by atoms with Gasteiger partial charge < -0.3 is 20.3 Å². The second kappa shape index (κ2) is 9.72. The first-order chi connectivity index (χ1) is 13.5. The highest BCUT2D eigenvalue weighted by Crippen LogP contribution is 2.25. The van der Waals surface area contributed by atoms with E-state index in [1.807, 2.05) is 7.05 Å². The third-order valence-electron chi connectivity index (χ3n) is 6.45. The third-order valence-corrected chi connectivity index (χ3v) is 6.45. The van der Waals surface area contributed by atoms with Crippen LogP contribution in [0.15, 0.2) is 35.3 Å². The number of guanidine groups is 1. The van der Waals surface area contributed by atoms with E-state index in [1.54, 1.807) is 0 Å². The fourth-order valence-electron chi connectivity index (χ4n) is 4.41. The number of aliphatic imine (C=N–C) groups is 1. The predicted octanol–water partition coefficient (Wildman–Crippen LogP) is 1.93. The molecule has 2 aliphatic heterocycles. The topological polar surface area (TPSA) is 52.1 Å². The second-order valence-corrected chi connectivity index (χ2v) is 8.50. The van der Waals surface area contributed by atoms with Crippen LogP contribution < -0.4 is 10.6 Å². The molecule has 0 bridgehead atoms. The Morgan fingerprint density at radius 2 is 1.96 bits per heavy atom. The Morgan fingerprint density at radius 1 is 1.25 bits per heavy atom. The average molecular weight is 388 g/mol. The van der Waals surface area contributed by atoms with E-state index in [2.05, 4.69) is 76.8 Å². The lowest BCUT2D eigenvalue weighted by Gasteiger charge is -2.43. The molecule has 2 aliphatic rings. The van der Waals surface area contributed by atoms with Crippen LogP contribution in [0.3, 0.4) is 0 Å². The van der Waals surface area contributed by atoms with Crippen molar-refractivity contribution in [2.45, 2.75) is 50.4 Å². The number of benzene rings is 1. The summed E-state index contributed by atoms with van der Waals surface area (Å²) in [6, 6.07) is 11.7. The third kappa shape index (κ3) is 5.25. The van der Waals surface area contributed by atoms with Crippen LogP contribution in [0.1, 0.15) is 31.7 Å². The minimum Gasteiger partial charge on any atom is -0.381 e. The molecule has 0 spiro atoms. The van der Waals surface area contributed by atoms with Gasteiger partial charge in [-0.25, -0.2) is 0 Å². The van der Waals surface area contributed by atoms with Crippen LogP contribution in [0.5, 0.6) is 0 Å². The van der Waals surface area contributed by atoms with E-state index in [-0.39, 0.29) is 5.54 Å². The van der Waals surface area contributed by atoms with Crippen LogP contribution in [-0.2, 0) is 11.3 Å². The fourth-order valence-corrected chi connectivity index (χ4v) is 4.41. The van der Waals surface area contributed by atoms with E-state index >= 15 is 0 Å². The molecule has 2 heterocycles. The van der Waals surface area contributed by atoms with Gasteiger partial charge in [0.1, 0.15) is 0 Å². The zero-order valence-electron chi connectivity index (χ0n) is 17.9. The standard InChI is InChI=1S/C22H37N5O/c1-18-14-20(16-27(18)15-19-8-6-5-7-9-19)25-21(23-2)24-17-22(26(3)4)10-12-28-13-11-22/h5-9,18,20H,10-17H2,1-4H3,(H2,23,24,25). The monoisotopic (exact) mass is 387 g/mol. The van der Waals surface area contributed by atoms with Crippen LogP contribution >= 0.6 is 0 Å². The number of hydrogen-bond acceptors (Lipinski definition) is 4. The summed E-state index contributed by atoms with van der Waals surface area (Å²) in [5.74, 6) is 0.909. The molecule has 2 N–H and O–H groups in total. The molecule has 2 fully saturated rings. The first-order valence-corrected chi connectivity index (χ1v) is 10.5. The first kappa shape index (κ1) is 21.1. The molecule has 3 rings (SSSR count). The van der Waals surface area contributed by atoms with Gasteiger partial charge in [-0.05, 0) is 45.8 Å². The van der Waals surface area contributed by atoms with Gasteiger partial charge in [0.15, 0.2) is 5.96 Å². The molecule has 156 valence electrons. The number of rotatable bonds is 6. The molecule has 0 aliphatic carbocycles. The Labute approximate surface area is 170 Å². The van der Waals surface area contributed by atoms with E-state index in [1.165, 1.54) is 5.56 Å². The fraction of sp³-hybridized carbons (Fsp3) is 0.682. The number of nitrogens with one attached hydrogen (secondary N) is 2. The molecule has 2 saturated heterocycles. The van der Waals surface area contributed by atoms with Gasteiger partial charge in [0.05, 0.1) is 0 Å². The molecular weight excluding hydrogens is 350 g/mol. The number of nitrogens with zero attached hydrogens (tertiary/aromatic N) is 3. The molecule has 28 heavy (non-hydrogen) atoms. The van der Waals surface area contributed by atoms with Gasteiger partial charge in [0, 0.05) is 57.5 Å². The van der Waals surface area contributed by atoms with Crippen molar-refractivity contribution < 1.29 is 4.74 Å².